The highest BCUT2D eigenvalue weighted by molar-refractivity contribution is 5.97. The normalized spacial score (nSPS) is 14.9. The van der Waals surface area contributed by atoms with Gasteiger partial charge in [0.25, 0.3) is 0 Å². The van der Waals surface area contributed by atoms with Gasteiger partial charge in [0.1, 0.15) is 5.82 Å². The van der Waals surface area contributed by atoms with Crippen LogP contribution in [0.25, 0.3) is 0 Å². The van der Waals surface area contributed by atoms with Gasteiger partial charge in [-0.25, -0.2) is 4.98 Å². The van der Waals surface area contributed by atoms with Crippen LogP contribution in [0.3, 0.4) is 0 Å². The molecule has 0 saturated heterocycles. The molecule has 5 nitrogen and oxygen atoms in total. The molecule has 5 heteroatoms. The maximum absolute atomic E-state index is 8.84. The van der Waals surface area contributed by atoms with E-state index in [0.29, 0.717) is 5.56 Å². The molecule has 0 bridgehead atoms. The fourth-order valence-electron chi connectivity index (χ4n) is 2.71. The maximum atomic E-state index is 8.84. The Hall–Kier alpha value is -2.56. The van der Waals surface area contributed by atoms with E-state index in [1.54, 1.807) is 0 Å². The van der Waals surface area contributed by atoms with Crippen molar-refractivity contribution in [3.05, 3.63) is 58.8 Å². The summed E-state index contributed by atoms with van der Waals surface area (Å²) < 4.78 is 0. The molecule has 2 aromatic rings. The van der Waals surface area contributed by atoms with Gasteiger partial charge in [0, 0.05) is 24.3 Å². The van der Waals surface area contributed by atoms with Gasteiger partial charge in [-0.1, -0.05) is 29.4 Å². The quantitative estimate of drug-likeness (QED) is 0.382. The summed E-state index contributed by atoms with van der Waals surface area (Å²) in [5.74, 6) is 0.977. The first kappa shape index (κ1) is 13.4. The first-order valence-corrected chi connectivity index (χ1v) is 6.95. The molecule has 1 aliphatic rings. The SMILES string of the molecule is Cc1cc(/C(N)=N/O)cc(N2CCc3ccccc3C2)n1. The van der Waals surface area contributed by atoms with Crippen LogP contribution in [0.2, 0.25) is 0 Å². The highest BCUT2D eigenvalue weighted by atomic mass is 16.4. The largest absolute Gasteiger partial charge is 0.409 e. The van der Waals surface area contributed by atoms with Crippen LogP contribution < -0.4 is 10.6 Å². The summed E-state index contributed by atoms with van der Waals surface area (Å²) >= 11 is 0. The molecule has 1 aromatic heterocycles. The van der Waals surface area contributed by atoms with E-state index in [4.69, 9.17) is 10.9 Å². The third-order valence-corrected chi connectivity index (χ3v) is 3.80. The van der Waals surface area contributed by atoms with E-state index < -0.39 is 0 Å². The number of hydrogen-bond acceptors (Lipinski definition) is 4. The summed E-state index contributed by atoms with van der Waals surface area (Å²) in [4.78, 5) is 6.81. The molecule has 0 aliphatic carbocycles. The highest BCUT2D eigenvalue weighted by Crippen LogP contribution is 2.24. The minimum absolute atomic E-state index is 0.110. The van der Waals surface area contributed by atoms with E-state index in [1.165, 1.54) is 11.1 Å². The van der Waals surface area contributed by atoms with Crippen molar-refractivity contribution in [2.75, 3.05) is 11.4 Å². The van der Waals surface area contributed by atoms with Gasteiger partial charge in [-0.2, -0.15) is 0 Å². The van der Waals surface area contributed by atoms with Crippen molar-refractivity contribution in [3.63, 3.8) is 0 Å². The topological polar surface area (TPSA) is 74.7 Å². The van der Waals surface area contributed by atoms with Gasteiger partial charge < -0.3 is 15.8 Å². The standard InChI is InChI=1S/C16H18N4O/c1-11-8-14(16(17)19-21)9-15(18-11)20-7-6-12-4-2-3-5-13(12)10-20/h2-5,8-9,21H,6-7,10H2,1H3,(H2,17,19). The summed E-state index contributed by atoms with van der Waals surface area (Å²) in [5, 5.41) is 11.9. The monoisotopic (exact) mass is 282 g/mol. The Balaban J connectivity index is 1.93. The van der Waals surface area contributed by atoms with Gasteiger partial charge in [0.05, 0.1) is 0 Å². The maximum Gasteiger partial charge on any atom is 0.170 e. The predicted molar refractivity (Wildman–Crippen MR) is 82.7 cm³/mol. The number of nitrogens with two attached hydrogens (primary N) is 1. The molecule has 0 fully saturated rings. The summed E-state index contributed by atoms with van der Waals surface area (Å²) in [6, 6.07) is 12.2. The number of aryl methyl sites for hydroxylation is 1. The lowest BCUT2D eigenvalue weighted by Crippen LogP contribution is -2.31. The van der Waals surface area contributed by atoms with Crippen LogP contribution in [0.5, 0.6) is 0 Å². The highest BCUT2D eigenvalue weighted by Gasteiger charge is 2.18. The first-order valence-electron chi connectivity index (χ1n) is 6.95. The summed E-state index contributed by atoms with van der Waals surface area (Å²) in [6.07, 6.45) is 1.00. The molecular weight excluding hydrogens is 264 g/mol. The number of pyridine rings is 1. The van der Waals surface area contributed by atoms with E-state index in [2.05, 4.69) is 39.3 Å². The van der Waals surface area contributed by atoms with Crippen LogP contribution in [0.1, 0.15) is 22.4 Å². The van der Waals surface area contributed by atoms with Crippen molar-refractivity contribution in [3.8, 4) is 0 Å². The Labute approximate surface area is 123 Å². The Bertz CT molecular complexity index is 696. The van der Waals surface area contributed by atoms with Gasteiger partial charge in [-0.15, -0.1) is 0 Å². The van der Waals surface area contributed by atoms with Crippen molar-refractivity contribution in [1.82, 2.24) is 4.98 Å². The van der Waals surface area contributed by atoms with E-state index in [9.17, 15) is 0 Å². The zero-order valence-corrected chi connectivity index (χ0v) is 12.0. The number of rotatable bonds is 2. The zero-order valence-electron chi connectivity index (χ0n) is 12.0. The van der Waals surface area contributed by atoms with Crippen molar-refractivity contribution >= 4 is 11.7 Å². The lowest BCUT2D eigenvalue weighted by atomic mass is 10.00. The van der Waals surface area contributed by atoms with Crippen LogP contribution in [0, 0.1) is 6.92 Å². The molecule has 2 heterocycles. The summed E-state index contributed by atoms with van der Waals surface area (Å²) in [7, 11) is 0. The number of hydrogen-bond donors (Lipinski definition) is 2. The van der Waals surface area contributed by atoms with Crippen LogP contribution in [0.4, 0.5) is 5.82 Å². The van der Waals surface area contributed by atoms with Crippen molar-refractivity contribution in [2.24, 2.45) is 10.9 Å². The van der Waals surface area contributed by atoms with E-state index in [1.807, 2.05) is 19.1 Å². The van der Waals surface area contributed by atoms with Gasteiger partial charge in [0.15, 0.2) is 5.84 Å². The number of fused-ring (bicyclic) bond motifs is 1. The summed E-state index contributed by atoms with van der Waals surface area (Å²) in [5.41, 5.74) is 9.97. The summed E-state index contributed by atoms with van der Waals surface area (Å²) in [6.45, 7) is 3.67. The fourth-order valence-corrected chi connectivity index (χ4v) is 2.71. The third kappa shape index (κ3) is 2.67. The molecule has 108 valence electrons. The number of aromatic nitrogens is 1. The smallest absolute Gasteiger partial charge is 0.170 e. The minimum atomic E-state index is 0.110. The number of nitrogens with zero attached hydrogens (tertiary/aromatic N) is 3. The second kappa shape index (κ2) is 5.44. The van der Waals surface area contributed by atoms with Crippen LogP contribution in [0.15, 0.2) is 41.6 Å². The molecule has 0 amide bonds. The van der Waals surface area contributed by atoms with Gasteiger partial charge >= 0.3 is 0 Å². The second-order valence-corrected chi connectivity index (χ2v) is 5.28. The minimum Gasteiger partial charge on any atom is -0.409 e. The average Bonchev–Trinajstić information content (AvgIpc) is 2.53. The van der Waals surface area contributed by atoms with E-state index >= 15 is 0 Å². The molecule has 0 spiro atoms. The molecule has 0 saturated carbocycles. The number of benzene rings is 1. The zero-order chi connectivity index (χ0) is 14.8. The predicted octanol–water partition coefficient (Wildman–Crippen LogP) is 2.05. The van der Waals surface area contributed by atoms with Gasteiger partial charge in [-0.05, 0) is 36.6 Å². The van der Waals surface area contributed by atoms with Crippen molar-refractivity contribution in [2.45, 2.75) is 19.9 Å². The number of anilines is 1. The molecule has 0 atom stereocenters. The Morgan fingerprint density at radius 1 is 1.29 bits per heavy atom. The van der Waals surface area contributed by atoms with Crippen LogP contribution >= 0.6 is 0 Å². The Kier molecular flexibility index (Phi) is 3.48. The first-order chi connectivity index (χ1) is 10.2. The molecule has 0 unspecified atom stereocenters. The van der Waals surface area contributed by atoms with Gasteiger partial charge in [-0.3, -0.25) is 0 Å². The van der Waals surface area contributed by atoms with Crippen LogP contribution in [-0.2, 0) is 13.0 Å². The Morgan fingerprint density at radius 2 is 2.05 bits per heavy atom. The average molecular weight is 282 g/mol. The molecule has 3 rings (SSSR count). The van der Waals surface area contributed by atoms with E-state index in [-0.39, 0.29) is 5.84 Å². The third-order valence-electron chi connectivity index (χ3n) is 3.80. The molecular formula is C16H18N4O. The van der Waals surface area contributed by atoms with Crippen molar-refractivity contribution in [1.29, 1.82) is 0 Å². The lowest BCUT2D eigenvalue weighted by Gasteiger charge is -2.30. The number of oxime groups is 1. The lowest BCUT2D eigenvalue weighted by molar-refractivity contribution is 0.318. The number of amidine groups is 1. The molecule has 3 N–H and O–H groups in total. The fraction of sp³-hybridized carbons (Fsp3) is 0.250. The molecule has 0 radical (unpaired) electrons. The Morgan fingerprint density at radius 3 is 2.81 bits per heavy atom. The molecule has 21 heavy (non-hydrogen) atoms. The second-order valence-electron chi connectivity index (χ2n) is 5.28. The molecule has 1 aliphatic heterocycles. The van der Waals surface area contributed by atoms with Crippen molar-refractivity contribution < 1.29 is 5.21 Å². The van der Waals surface area contributed by atoms with Crippen LogP contribution in [-0.4, -0.2) is 22.6 Å². The van der Waals surface area contributed by atoms with Gasteiger partial charge in [0.2, 0.25) is 0 Å². The van der Waals surface area contributed by atoms with E-state index in [0.717, 1.165) is 31.0 Å². The molecule has 1 aromatic carbocycles.